The van der Waals surface area contributed by atoms with E-state index in [0.29, 0.717) is 23.1 Å². The lowest BCUT2D eigenvalue weighted by Gasteiger charge is -2.12. The quantitative estimate of drug-likeness (QED) is 0.190. The number of nitrogens with zero attached hydrogens (tertiary/aromatic N) is 3. The fraction of sp³-hybridized carbons (Fsp3) is 0.0217. The molecule has 0 saturated carbocycles. The number of furan rings is 1. The SMILES string of the molecule is c1ccc(-c2ccc(-c3nc(-c4ccc(-c5ccccc5)cc4)nc(-c4cccc5c4oc4c(C6Nc7ccccc7O6)cccc45)n3)cc2)cc1. The molecule has 52 heavy (non-hydrogen) atoms. The maximum atomic E-state index is 6.78. The molecule has 0 fully saturated rings. The highest BCUT2D eigenvalue weighted by Crippen LogP contribution is 2.43. The number of anilines is 1. The standard InChI is InChI=1S/C46H30N4O2/c1-3-11-29(12-4-1)31-21-25-33(26-22-31)43-48-44(34-27-23-32(24-28-34)30-13-5-2-6-14-30)50-45(49-43)37-17-9-15-35-36-16-10-18-38(42(36)52-41(35)37)46-47-39-19-7-8-20-40(39)51-46/h1-28,46-47H. The van der Waals surface area contributed by atoms with E-state index < -0.39 is 0 Å². The van der Waals surface area contributed by atoms with Gasteiger partial charge in [-0.25, -0.2) is 15.0 Å². The van der Waals surface area contributed by atoms with Crippen LogP contribution in [0.3, 0.4) is 0 Å². The van der Waals surface area contributed by atoms with Crippen molar-refractivity contribution >= 4 is 27.6 Å². The number of aromatic nitrogens is 3. The lowest BCUT2D eigenvalue weighted by molar-refractivity contribution is 0.260. The van der Waals surface area contributed by atoms with Crippen LogP contribution in [0.4, 0.5) is 5.69 Å². The molecule has 0 amide bonds. The van der Waals surface area contributed by atoms with Crippen molar-refractivity contribution in [2.24, 2.45) is 0 Å². The molecule has 1 atom stereocenters. The van der Waals surface area contributed by atoms with E-state index in [1.165, 1.54) is 0 Å². The van der Waals surface area contributed by atoms with Crippen molar-refractivity contribution in [3.63, 3.8) is 0 Å². The predicted molar refractivity (Wildman–Crippen MR) is 208 cm³/mol. The Morgan fingerprint density at radius 2 is 0.904 bits per heavy atom. The Morgan fingerprint density at radius 1 is 0.404 bits per heavy atom. The summed E-state index contributed by atoms with van der Waals surface area (Å²) < 4.78 is 13.1. The van der Waals surface area contributed by atoms with E-state index in [0.717, 1.165) is 72.3 Å². The molecule has 7 aromatic carbocycles. The molecule has 1 aliphatic rings. The molecule has 6 heteroatoms. The summed E-state index contributed by atoms with van der Waals surface area (Å²) in [6.07, 6.45) is -0.377. The van der Waals surface area contributed by atoms with Gasteiger partial charge in [-0.2, -0.15) is 0 Å². The Hall–Kier alpha value is -7.05. The molecule has 0 aliphatic carbocycles. The highest BCUT2D eigenvalue weighted by molar-refractivity contribution is 6.10. The number of rotatable bonds is 6. The van der Waals surface area contributed by atoms with Crippen LogP contribution >= 0.6 is 0 Å². The molecular formula is C46H30N4O2. The second-order valence-electron chi connectivity index (χ2n) is 12.8. The number of ether oxygens (including phenoxy) is 1. The summed E-state index contributed by atoms with van der Waals surface area (Å²) >= 11 is 0. The highest BCUT2D eigenvalue weighted by Gasteiger charge is 2.27. The first-order valence-electron chi connectivity index (χ1n) is 17.3. The third-order valence-electron chi connectivity index (χ3n) is 9.63. The first-order chi connectivity index (χ1) is 25.7. The molecule has 0 saturated heterocycles. The van der Waals surface area contributed by atoms with Crippen LogP contribution in [0.25, 0.3) is 78.4 Å². The molecule has 0 spiro atoms. The van der Waals surface area contributed by atoms with Crippen LogP contribution in [-0.2, 0) is 0 Å². The molecule has 3 heterocycles. The normalized spacial score (nSPS) is 13.5. The van der Waals surface area contributed by atoms with Gasteiger partial charge in [0.25, 0.3) is 0 Å². The van der Waals surface area contributed by atoms with Crippen molar-refractivity contribution in [1.29, 1.82) is 0 Å². The summed E-state index contributed by atoms with van der Waals surface area (Å²) in [6.45, 7) is 0. The van der Waals surface area contributed by atoms with E-state index in [9.17, 15) is 0 Å². The van der Waals surface area contributed by atoms with Gasteiger partial charge in [-0.3, -0.25) is 0 Å². The van der Waals surface area contributed by atoms with Gasteiger partial charge in [0.05, 0.1) is 16.8 Å². The van der Waals surface area contributed by atoms with Gasteiger partial charge in [0.2, 0.25) is 0 Å². The Morgan fingerprint density at radius 3 is 1.52 bits per heavy atom. The van der Waals surface area contributed by atoms with Crippen molar-refractivity contribution in [2.45, 2.75) is 6.23 Å². The molecule has 0 radical (unpaired) electrons. The molecule has 1 aliphatic heterocycles. The minimum absolute atomic E-state index is 0.377. The number of hydrogen-bond donors (Lipinski definition) is 1. The van der Waals surface area contributed by atoms with Crippen LogP contribution in [0.15, 0.2) is 174 Å². The lowest BCUT2D eigenvalue weighted by Crippen LogP contribution is -2.10. The van der Waals surface area contributed by atoms with E-state index in [2.05, 4.69) is 115 Å². The molecule has 9 aromatic rings. The third-order valence-corrected chi connectivity index (χ3v) is 9.63. The molecule has 1 N–H and O–H groups in total. The Bertz CT molecular complexity index is 2600. The second-order valence-corrected chi connectivity index (χ2v) is 12.8. The first kappa shape index (κ1) is 29.8. The van der Waals surface area contributed by atoms with E-state index >= 15 is 0 Å². The Balaban J connectivity index is 1.11. The number of para-hydroxylation sites is 4. The van der Waals surface area contributed by atoms with Crippen molar-refractivity contribution < 1.29 is 9.15 Å². The van der Waals surface area contributed by atoms with Gasteiger partial charge in [-0.1, -0.05) is 146 Å². The monoisotopic (exact) mass is 670 g/mol. The average Bonchev–Trinajstić information content (AvgIpc) is 3.84. The average molecular weight is 671 g/mol. The summed E-state index contributed by atoms with van der Waals surface area (Å²) in [6, 6.07) is 57.7. The summed E-state index contributed by atoms with van der Waals surface area (Å²) in [5.74, 6) is 2.53. The van der Waals surface area contributed by atoms with Crippen LogP contribution in [0.5, 0.6) is 5.75 Å². The van der Waals surface area contributed by atoms with E-state index in [1.807, 2.05) is 60.7 Å². The van der Waals surface area contributed by atoms with Crippen molar-refractivity contribution in [3.05, 3.63) is 175 Å². The molecule has 10 rings (SSSR count). The highest BCUT2D eigenvalue weighted by atomic mass is 16.5. The van der Waals surface area contributed by atoms with Crippen molar-refractivity contribution in [2.75, 3.05) is 5.32 Å². The van der Waals surface area contributed by atoms with Gasteiger partial charge in [0.1, 0.15) is 16.9 Å². The van der Waals surface area contributed by atoms with Crippen LogP contribution in [0.2, 0.25) is 0 Å². The smallest absolute Gasteiger partial charge is 0.200 e. The zero-order valence-electron chi connectivity index (χ0n) is 27.9. The fourth-order valence-electron chi connectivity index (χ4n) is 6.99. The minimum Gasteiger partial charge on any atom is -0.464 e. The fourth-order valence-corrected chi connectivity index (χ4v) is 6.99. The first-order valence-corrected chi connectivity index (χ1v) is 17.3. The molecular weight excluding hydrogens is 641 g/mol. The van der Waals surface area contributed by atoms with Crippen LogP contribution in [0, 0.1) is 0 Å². The largest absolute Gasteiger partial charge is 0.464 e. The van der Waals surface area contributed by atoms with Gasteiger partial charge in [-0.15, -0.1) is 0 Å². The number of fused-ring (bicyclic) bond motifs is 4. The maximum Gasteiger partial charge on any atom is 0.200 e. The van der Waals surface area contributed by atoms with Gasteiger partial charge in [0, 0.05) is 21.9 Å². The van der Waals surface area contributed by atoms with Crippen LogP contribution < -0.4 is 10.1 Å². The Labute approximate surface area is 300 Å². The number of nitrogens with one attached hydrogen (secondary N) is 1. The van der Waals surface area contributed by atoms with Gasteiger partial charge in [-0.05, 0) is 46.5 Å². The van der Waals surface area contributed by atoms with Crippen LogP contribution in [-0.4, -0.2) is 15.0 Å². The topological polar surface area (TPSA) is 73.1 Å². The maximum absolute atomic E-state index is 6.78. The predicted octanol–water partition coefficient (Wildman–Crippen LogP) is 11.6. The van der Waals surface area contributed by atoms with Gasteiger partial charge < -0.3 is 14.5 Å². The summed E-state index contributed by atoms with van der Waals surface area (Å²) in [5.41, 5.74) is 10.5. The van der Waals surface area contributed by atoms with E-state index in [-0.39, 0.29) is 6.23 Å². The van der Waals surface area contributed by atoms with E-state index in [4.69, 9.17) is 24.1 Å². The van der Waals surface area contributed by atoms with Gasteiger partial charge in [0.15, 0.2) is 23.7 Å². The van der Waals surface area contributed by atoms with E-state index in [1.54, 1.807) is 0 Å². The van der Waals surface area contributed by atoms with Crippen LogP contribution in [0.1, 0.15) is 11.8 Å². The third kappa shape index (κ3) is 5.25. The Kier molecular flexibility index (Phi) is 7.10. The zero-order valence-corrected chi connectivity index (χ0v) is 27.9. The zero-order chi connectivity index (χ0) is 34.4. The molecule has 2 aromatic heterocycles. The molecule has 1 unspecified atom stereocenters. The van der Waals surface area contributed by atoms with Crippen molar-refractivity contribution in [3.8, 4) is 62.2 Å². The number of benzene rings is 7. The van der Waals surface area contributed by atoms with Gasteiger partial charge >= 0.3 is 0 Å². The van der Waals surface area contributed by atoms with Crippen molar-refractivity contribution in [1.82, 2.24) is 15.0 Å². The summed E-state index contributed by atoms with van der Waals surface area (Å²) in [4.78, 5) is 15.2. The molecule has 6 nitrogen and oxygen atoms in total. The lowest BCUT2D eigenvalue weighted by atomic mass is 10.0. The summed E-state index contributed by atoms with van der Waals surface area (Å²) in [5, 5.41) is 5.48. The summed E-state index contributed by atoms with van der Waals surface area (Å²) in [7, 11) is 0. The molecule has 0 bridgehead atoms. The second kappa shape index (κ2) is 12.4. The molecule has 246 valence electrons. The minimum atomic E-state index is -0.377. The number of hydrogen-bond acceptors (Lipinski definition) is 6.